The molecule has 0 bridgehead atoms. The second-order valence-corrected chi connectivity index (χ2v) is 9.15. The number of thioether (sulfide) groups is 1. The monoisotopic (exact) mass is 488 g/mol. The van der Waals surface area contributed by atoms with Gasteiger partial charge in [0.25, 0.3) is 0 Å². The molecule has 1 amide bonds. The first-order chi connectivity index (χ1) is 15.0. The first-order valence-electron chi connectivity index (χ1n) is 9.28. The van der Waals surface area contributed by atoms with Crippen LogP contribution in [0.5, 0.6) is 5.75 Å². The number of hydrogen-bond donors (Lipinski definition) is 2. The van der Waals surface area contributed by atoms with E-state index < -0.39 is 22.1 Å². The SMILES string of the molecule is CCCn1c(SCC(=O)Nc2ccc(OC(F)(F)F)cc2)nc2cc(S(N)(=O)=O)ccc21. The highest BCUT2D eigenvalue weighted by atomic mass is 32.2. The van der Waals surface area contributed by atoms with Crippen LogP contribution in [0, 0.1) is 0 Å². The van der Waals surface area contributed by atoms with E-state index in [1.807, 2.05) is 11.5 Å². The Bertz CT molecular complexity index is 1230. The van der Waals surface area contributed by atoms with E-state index in [4.69, 9.17) is 5.14 Å². The Morgan fingerprint density at radius 2 is 1.91 bits per heavy atom. The van der Waals surface area contributed by atoms with Crippen LogP contribution in [-0.4, -0.2) is 36.0 Å². The Balaban J connectivity index is 1.70. The van der Waals surface area contributed by atoms with Crippen LogP contribution in [0.15, 0.2) is 52.5 Å². The third-order valence-electron chi connectivity index (χ3n) is 4.16. The number of primary sulfonamides is 1. The number of carbonyl (C=O) groups excluding carboxylic acids is 1. The summed E-state index contributed by atoms with van der Waals surface area (Å²) in [6, 6.07) is 9.19. The minimum absolute atomic E-state index is 0.0180. The molecule has 1 heterocycles. The number of rotatable bonds is 8. The van der Waals surface area contributed by atoms with Gasteiger partial charge >= 0.3 is 6.36 Å². The van der Waals surface area contributed by atoms with Crippen molar-refractivity contribution in [2.45, 2.75) is 36.3 Å². The van der Waals surface area contributed by atoms with Crippen LogP contribution in [-0.2, 0) is 21.4 Å². The smallest absolute Gasteiger partial charge is 0.406 e. The zero-order valence-electron chi connectivity index (χ0n) is 16.7. The van der Waals surface area contributed by atoms with Crippen LogP contribution in [0.2, 0.25) is 0 Å². The maximum atomic E-state index is 12.3. The summed E-state index contributed by atoms with van der Waals surface area (Å²) in [5.41, 5.74) is 1.46. The second kappa shape index (κ2) is 9.38. The molecule has 0 saturated carbocycles. The van der Waals surface area contributed by atoms with Gasteiger partial charge < -0.3 is 14.6 Å². The number of hydrogen-bond acceptors (Lipinski definition) is 6. The molecular weight excluding hydrogens is 469 g/mol. The highest BCUT2D eigenvalue weighted by molar-refractivity contribution is 7.99. The maximum Gasteiger partial charge on any atom is 0.573 e. The number of halogens is 3. The van der Waals surface area contributed by atoms with E-state index in [0.29, 0.717) is 28.4 Å². The van der Waals surface area contributed by atoms with Crippen LogP contribution in [0.3, 0.4) is 0 Å². The first kappa shape index (κ1) is 23.9. The van der Waals surface area contributed by atoms with E-state index in [1.54, 1.807) is 6.07 Å². The lowest BCUT2D eigenvalue weighted by atomic mass is 10.3. The molecule has 0 radical (unpaired) electrons. The van der Waals surface area contributed by atoms with Crippen molar-refractivity contribution in [1.29, 1.82) is 0 Å². The number of amides is 1. The summed E-state index contributed by atoms with van der Waals surface area (Å²) >= 11 is 1.15. The second-order valence-electron chi connectivity index (χ2n) is 6.65. The summed E-state index contributed by atoms with van der Waals surface area (Å²) in [6.45, 7) is 2.58. The van der Waals surface area contributed by atoms with E-state index in [9.17, 15) is 26.4 Å². The van der Waals surface area contributed by atoms with Crippen LogP contribution >= 0.6 is 11.8 Å². The summed E-state index contributed by atoms with van der Waals surface area (Å²) in [4.78, 5) is 16.7. The van der Waals surface area contributed by atoms with Crippen molar-refractivity contribution in [1.82, 2.24) is 9.55 Å². The number of aryl methyl sites for hydroxylation is 1. The highest BCUT2D eigenvalue weighted by Crippen LogP contribution is 2.27. The van der Waals surface area contributed by atoms with Gasteiger partial charge in [-0.2, -0.15) is 0 Å². The van der Waals surface area contributed by atoms with Gasteiger partial charge in [0.15, 0.2) is 5.16 Å². The molecule has 2 aromatic carbocycles. The lowest BCUT2D eigenvalue weighted by Crippen LogP contribution is -2.17. The average molecular weight is 489 g/mol. The number of carbonyl (C=O) groups is 1. The zero-order valence-corrected chi connectivity index (χ0v) is 18.4. The van der Waals surface area contributed by atoms with Gasteiger partial charge in [-0.05, 0) is 48.9 Å². The zero-order chi connectivity index (χ0) is 23.5. The Hall–Kier alpha value is -2.77. The number of imidazole rings is 1. The van der Waals surface area contributed by atoms with E-state index in [-0.39, 0.29) is 16.6 Å². The molecule has 32 heavy (non-hydrogen) atoms. The Labute approximate surface area is 186 Å². The summed E-state index contributed by atoms with van der Waals surface area (Å²) in [5.74, 6) is -0.799. The number of nitrogens with two attached hydrogens (primary N) is 1. The van der Waals surface area contributed by atoms with Gasteiger partial charge in [0.05, 0.1) is 21.7 Å². The molecule has 3 aromatic rings. The largest absolute Gasteiger partial charge is 0.573 e. The molecule has 3 N–H and O–H groups in total. The van der Waals surface area contributed by atoms with Crippen molar-refractivity contribution >= 4 is 44.4 Å². The lowest BCUT2D eigenvalue weighted by Gasteiger charge is -2.10. The Kier molecular flexibility index (Phi) is 7.00. The van der Waals surface area contributed by atoms with Crippen LogP contribution in [0.25, 0.3) is 11.0 Å². The molecule has 0 aliphatic heterocycles. The van der Waals surface area contributed by atoms with E-state index >= 15 is 0 Å². The van der Waals surface area contributed by atoms with Gasteiger partial charge in [0, 0.05) is 12.2 Å². The number of nitrogens with one attached hydrogen (secondary N) is 1. The van der Waals surface area contributed by atoms with Crippen molar-refractivity contribution in [2.75, 3.05) is 11.1 Å². The molecule has 0 unspecified atom stereocenters. The fourth-order valence-electron chi connectivity index (χ4n) is 2.88. The predicted octanol–water partition coefficient (Wildman–Crippen LogP) is 3.72. The van der Waals surface area contributed by atoms with E-state index in [0.717, 1.165) is 30.3 Å². The number of ether oxygens (including phenoxy) is 1. The maximum absolute atomic E-state index is 12.3. The van der Waals surface area contributed by atoms with Gasteiger partial charge in [0.1, 0.15) is 5.75 Å². The molecule has 1 aromatic heterocycles. The molecule has 0 spiro atoms. The number of anilines is 1. The normalized spacial score (nSPS) is 12.2. The molecule has 0 aliphatic carbocycles. The average Bonchev–Trinajstić information content (AvgIpc) is 3.03. The summed E-state index contributed by atoms with van der Waals surface area (Å²) < 4.78 is 65.5. The van der Waals surface area contributed by atoms with Gasteiger partial charge in [-0.3, -0.25) is 4.79 Å². The summed E-state index contributed by atoms with van der Waals surface area (Å²) in [6.07, 6.45) is -4.01. The molecule has 13 heteroatoms. The molecule has 172 valence electrons. The molecule has 0 aliphatic rings. The van der Waals surface area contributed by atoms with E-state index in [1.165, 1.54) is 24.3 Å². The number of sulfonamides is 1. The van der Waals surface area contributed by atoms with Crippen molar-refractivity contribution in [3.8, 4) is 5.75 Å². The minimum atomic E-state index is -4.79. The number of alkyl halides is 3. The fraction of sp³-hybridized carbons (Fsp3) is 0.263. The number of nitrogens with zero attached hydrogens (tertiary/aromatic N) is 2. The predicted molar refractivity (Wildman–Crippen MR) is 114 cm³/mol. The molecule has 0 fully saturated rings. The number of aromatic nitrogens is 2. The quantitative estimate of drug-likeness (QED) is 0.467. The minimum Gasteiger partial charge on any atom is -0.406 e. The standard InChI is InChI=1S/C19H19F3N4O4S2/c1-2-9-26-16-8-7-14(32(23,28)29)10-15(16)25-18(26)31-11-17(27)24-12-3-5-13(6-4-12)30-19(20,21)22/h3-8,10H,2,9,11H2,1H3,(H,24,27)(H2,23,28,29). The van der Waals surface area contributed by atoms with Crippen LogP contribution < -0.4 is 15.2 Å². The van der Waals surface area contributed by atoms with Crippen molar-refractivity contribution < 1.29 is 31.1 Å². The molecule has 8 nitrogen and oxygen atoms in total. The van der Waals surface area contributed by atoms with E-state index in [2.05, 4.69) is 15.0 Å². The van der Waals surface area contributed by atoms with Crippen LogP contribution in [0.1, 0.15) is 13.3 Å². The van der Waals surface area contributed by atoms with Crippen LogP contribution in [0.4, 0.5) is 18.9 Å². The Morgan fingerprint density at radius 1 is 1.22 bits per heavy atom. The first-order valence-corrected chi connectivity index (χ1v) is 11.8. The fourth-order valence-corrected chi connectivity index (χ4v) is 4.26. The third kappa shape index (κ3) is 6.14. The number of fused-ring (bicyclic) bond motifs is 1. The van der Waals surface area contributed by atoms with Crippen molar-refractivity contribution in [3.05, 3.63) is 42.5 Å². The van der Waals surface area contributed by atoms with Crippen molar-refractivity contribution in [2.24, 2.45) is 5.14 Å². The summed E-state index contributed by atoms with van der Waals surface area (Å²) in [7, 11) is -3.88. The third-order valence-corrected chi connectivity index (χ3v) is 6.05. The molecule has 0 atom stereocenters. The molecule has 3 rings (SSSR count). The van der Waals surface area contributed by atoms with Crippen molar-refractivity contribution in [3.63, 3.8) is 0 Å². The van der Waals surface area contributed by atoms with Gasteiger partial charge in [0.2, 0.25) is 15.9 Å². The molecular formula is C19H19F3N4O4S2. The van der Waals surface area contributed by atoms with Gasteiger partial charge in [-0.25, -0.2) is 18.5 Å². The lowest BCUT2D eigenvalue weighted by molar-refractivity contribution is -0.274. The number of benzene rings is 2. The van der Waals surface area contributed by atoms with Gasteiger partial charge in [-0.1, -0.05) is 18.7 Å². The topological polar surface area (TPSA) is 116 Å². The highest BCUT2D eigenvalue weighted by Gasteiger charge is 2.31. The van der Waals surface area contributed by atoms with Gasteiger partial charge in [-0.15, -0.1) is 13.2 Å². The summed E-state index contributed by atoms with van der Waals surface area (Å²) in [5, 5.41) is 8.29. The Morgan fingerprint density at radius 3 is 2.50 bits per heavy atom. The molecule has 0 saturated heterocycles.